The molecule has 0 aliphatic rings. The van der Waals surface area contributed by atoms with Gasteiger partial charge in [-0.3, -0.25) is 9.36 Å². The summed E-state index contributed by atoms with van der Waals surface area (Å²) in [6.07, 6.45) is 0. The van der Waals surface area contributed by atoms with Crippen LogP contribution in [-0.4, -0.2) is 15.6 Å². The molecule has 1 heterocycles. The van der Waals surface area contributed by atoms with E-state index in [2.05, 4.69) is 5.32 Å². The van der Waals surface area contributed by atoms with Crippen LogP contribution in [-0.2, 0) is 17.9 Å². The van der Waals surface area contributed by atoms with Crippen molar-refractivity contribution in [2.45, 2.75) is 13.2 Å². The van der Waals surface area contributed by atoms with E-state index in [4.69, 9.17) is 4.42 Å². The fraction of sp³-hybridized carbons (Fsp3) is 0.125. The number of fused-ring (bicyclic) bond motifs is 1. The molecular formula is C16H14N2O4. The van der Waals surface area contributed by atoms with Gasteiger partial charge in [0.15, 0.2) is 5.58 Å². The summed E-state index contributed by atoms with van der Waals surface area (Å²) in [6, 6.07) is 13.9. The third kappa shape index (κ3) is 2.77. The summed E-state index contributed by atoms with van der Waals surface area (Å²) in [6.45, 7) is -0.304. The zero-order valence-electron chi connectivity index (χ0n) is 11.7. The molecule has 0 fully saturated rings. The zero-order valence-corrected chi connectivity index (χ0v) is 11.7. The van der Waals surface area contributed by atoms with Crippen molar-refractivity contribution in [2.75, 3.05) is 5.32 Å². The number of rotatable bonds is 4. The molecule has 0 bridgehead atoms. The minimum Gasteiger partial charge on any atom is -0.408 e. The summed E-state index contributed by atoms with van der Waals surface area (Å²) < 4.78 is 6.34. The Balaban J connectivity index is 1.88. The van der Waals surface area contributed by atoms with Crippen molar-refractivity contribution in [3.63, 3.8) is 0 Å². The molecule has 2 aromatic carbocycles. The number of para-hydroxylation sites is 1. The number of nitrogens with zero attached hydrogens (tertiary/aromatic N) is 1. The topological polar surface area (TPSA) is 84.5 Å². The fourth-order valence-corrected chi connectivity index (χ4v) is 2.22. The van der Waals surface area contributed by atoms with Crippen molar-refractivity contribution < 1.29 is 14.3 Å². The summed E-state index contributed by atoms with van der Waals surface area (Å²) >= 11 is 0. The van der Waals surface area contributed by atoms with Gasteiger partial charge in [-0.25, -0.2) is 4.79 Å². The quantitative estimate of drug-likeness (QED) is 0.768. The fourth-order valence-electron chi connectivity index (χ4n) is 2.22. The van der Waals surface area contributed by atoms with Gasteiger partial charge in [0.05, 0.1) is 12.1 Å². The monoisotopic (exact) mass is 298 g/mol. The number of aliphatic hydroxyl groups is 1. The number of aromatic nitrogens is 1. The number of hydrogen-bond acceptors (Lipinski definition) is 4. The first-order valence-corrected chi connectivity index (χ1v) is 6.75. The van der Waals surface area contributed by atoms with Crippen LogP contribution in [0.15, 0.2) is 57.7 Å². The summed E-state index contributed by atoms with van der Waals surface area (Å²) in [5, 5.41) is 11.9. The van der Waals surface area contributed by atoms with Crippen LogP contribution in [0.3, 0.4) is 0 Å². The van der Waals surface area contributed by atoms with Gasteiger partial charge < -0.3 is 14.8 Å². The molecule has 3 aromatic rings. The maximum Gasteiger partial charge on any atom is 0.420 e. The predicted molar refractivity (Wildman–Crippen MR) is 81.5 cm³/mol. The maximum atomic E-state index is 12.1. The Morgan fingerprint density at radius 3 is 2.68 bits per heavy atom. The Morgan fingerprint density at radius 2 is 1.95 bits per heavy atom. The van der Waals surface area contributed by atoms with Gasteiger partial charge in [0.25, 0.3) is 0 Å². The number of benzene rings is 2. The van der Waals surface area contributed by atoms with Gasteiger partial charge in [-0.1, -0.05) is 24.3 Å². The van der Waals surface area contributed by atoms with E-state index >= 15 is 0 Å². The van der Waals surface area contributed by atoms with Gasteiger partial charge in [-0.15, -0.1) is 0 Å². The molecule has 0 aliphatic heterocycles. The molecule has 1 amide bonds. The van der Waals surface area contributed by atoms with Crippen molar-refractivity contribution in [3.8, 4) is 0 Å². The van der Waals surface area contributed by atoms with Crippen LogP contribution in [0.4, 0.5) is 5.69 Å². The summed E-state index contributed by atoms with van der Waals surface area (Å²) in [4.78, 5) is 23.9. The highest BCUT2D eigenvalue weighted by atomic mass is 16.4. The van der Waals surface area contributed by atoms with E-state index in [1.54, 1.807) is 30.3 Å². The van der Waals surface area contributed by atoms with Crippen LogP contribution >= 0.6 is 0 Å². The molecular weight excluding hydrogens is 284 g/mol. The summed E-state index contributed by atoms with van der Waals surface area (Å²) in [5.74, 6) is -0.932. The second kappa shape index (κ2) is 5.87. The van der Waals surface area contributed by atoms with Gasteiger partial charge in [-0.05, 0) is 29.8 Å². The third-order valence-electron chi connectivity index (χ3n) is 3.27. The highest BCUT2D eigenvalue weighted by molar-refractivity contribution is 5.91. The first-order valence-electron chi connectivity index (χ1n) is 6.75. The summed E-state index contributed by atoms with van der Waals surface area (Å²) in [5.41, 5.74) is 2.17. The van der Waals surface area contributed by atoms with Gasteiger partial charge in [0.2, 0.25) is 5.91 Å². The van der Waals surface area contributed by atoms with Gasteiger partial charge in [0, 0.05) is 5.69 Å². The zero-order chi connectivity index (χ0) is 15.5. The number of anilines is 1. The van der Waals surface area contributed by atoms with Crippen LogP contribution in [0.1, 0.15) is 5.56 Å². The molecule has 0 radical (unpaired) electrons. The van der Waals surface area contributed by atoms with Crippen LogP contribution in [0.5, 0.6) is 0 Å². The van der Waals surface area contributed by atoms with Crippen molar-refractivity contribution in [3.05, 3.63) is 64.6 Å². The Kier molecular flexibility index (Phi) is 3.76. The van der Waals surface area contributed by atoms with E-state index in [1.165, 1.54) is 4.57 Å². The number of nitrogens with one attached hydrogen (secondary N) is 1. The second-order valence-electron chi connectivity index (χ2n) is 4.83. The average Bonchev–Trinajstić information content (AvgIpc) is 2.83. The molecule has 0 atom stereocenters. The molecule has 0 aliphatic carbocycles. The number of carbonyl (C=O) groups excluding carboxylic acids is 1. The largest absolute Gasteiger partial charge is 0.420 e. The lowest BCUT2D eigenvalue weighted by Gasteiger charge is -2.05. The molecule has 112 valence electrons. The Morgan fingerprint density at radius 1 is 1.18 bits per heavy atom. The highest BCUT2D eigenvalue weighted by Gasteiger charge is 2.13. The molecule has 6 heteroatoms. The number of aliphatic hydroxyl groups excluding tert-OH is 1. The highest BCUT2D eigenvalue weighted by Crippen LogP contribution is 2.15. The van der Waals surface area contributed by atoms with E-state index in [-0.39, 0.29) is 19.1 Å². The SMILES string of the molecule is O=C(Cn1c(=O)oc2ccc(CO)cc21)Nc1ccccc1. The Hall–Kier alpha value is -2.86. The van der Waals surface area contributed by atoms with Crippen molar-refractivity contribution in [1.82, 2.24) is 4.57 Å². The Labute approximate surface area is 125 Å². The standard InChI is InChI=1S/C16H14N2O4/c19-10-11-6-7-14-13(8-11)18(16(21)22-14)9-15(20)17-12-4-2-1-3-5-12/h1-8,19H,9-10H2,(H,17,20). The van der Waals surface area contributed by atoms with Crippen LogP contribution < -0.4 is 11.1 Å². The van der Waals surface area contributed by atoms with Crippen LogP contribution in [0.2, 0.25) is 0 Å². The Bertz CT molecular complexity index is 865. The van der Waals surface area contributed by atoms with E-state index < -0.39 is 5.76 Å². The van der Waals surface area contributed by atoms with E-state index in [9.17, 15) is 14.7 Å². The molecule has 6 nitrogen and oxygen atoms in total. The van der Waals surface area contributed by atoms with Gasteiger partial charge >= 0.3 is 5.76 Å². The number of oxazole rings is 1. The van der Waals surface area contributed by atoms with Crippen LogP contribution in [0, 0.1) is 0 Å². The lowest BCUT2D eigenvalue weighted by atomic mass is 10.2. The number of hydrogen-bond donors (Lipinski definition) is 2. The first-order chi connectivity index (χ1) is 10.7. The molecule has 22 heavy (non-hydrogen) atoms. The molecule has 0 saturated heterocycles. The maximum absolute atomic E-state index is 12.1. The van der Waals surface area contributed by atoms with E-state index in [0.29, 0.717) is 22.4 Å². The summed E-state index contributed by atoms with van der Waals surface area (Å²) in [7, 11) is 0. The average molecular weight is 298 g/mol. The minimum atomic E-state index is -0.603. The third-order valence-corrected chi connectivity index (χ3v) is 3.27. The molecule has 0 unspecified atom stereocenters. The second-order valence-corrected chi connectivity index (χ2v) is 4.83. The molecule has 2 N–H and O–H groups in total. The minimum absolute atomic E-state index is 0.147. The number of carbonyl (C=O) groups is 1. The predicted octanol–water partition coefficient (Wildman–Crippen LogP) is 1.73. The molecule has 0 spiro atoms. The van der Waals surface area contributed by atoms with Crippen molar-refractivity contribution in [2.24, 2.45) is 0 Å². The first kappa shape index (κ1) is 14.1. The van der Waals surface area contributed by atoms with E-state index in [0.717, 1.165) is 0 Å². The smallest absolute Gasteiger partial charge is 0.408 e. The van der Waals surface area contributed by atoms with Crippen LogP contribution in [0.25, 0.3) is 11.1 Å². The van der Waals surface area contributed by atoms with Crippen molar-refractivity contribution in [1.29, 1.82) is 0 Å². The lowest BCUT2D eigenvalue weighted by Crippen LogP contribution is -2.24. The van der Waals surface area contributed by atoms with Gasteiger partial charge in [-0.2, -0.15) is 0 Å². The molecule has 0 saturated carbocycles. The molecule has 3 rings (SSSR count). The number of amides is 1. The van der Waals surface area contributed by atoms with E-state index in [1.807, 2.05) is 18.2 Å². The van der Waals surface area contributed by atoms with Gasteiger partial charge in [0.1, 0.15) is 6.54 Å². The normalized spacial score (nSPS) is 10.8. The lowest BCUT2D eigenvalue weighted by molar-refractivity contribution is -0.116. The molecule has 1 aromatic heterocycles. The van der Waals surface area contributed by atoms with Crippen molar-refractivity contribution >= 4 is 22.7 Å².